The van der Waals surface area contributed by atoms with Crippen molar-refractivity contribution in [3.8, 4) is 17.7 Å². The first kappa shape index (κ1) is 40.7. The second-order valence-corrected chi connectivity index (χ2v) is 17.0. The van der Waals surface area contributed by atoms with Gasteiger partial charge >= 0.3 is 0 Å². The summed E-state index contributed by atoms with van der Waals surface area (Å²) in [4.78, 5) is 57.2. The summed E-state index contributed by atoms with van der Waals surface area (Å²) in [6.07, 6.45) is 7.34. The number of carbonyl (C=O) groups excluding carboxylic acids is 3. The van der Waals surface area contributed by atoms with Gasteiger partial charge < -0.3 is 25.0 Å². The van der Waals surface area contributed by atoms with Crippen LogP contribution in [-0.4, -0.2) is 79.8 Å². The van der Waals surface area contributed by atoms with Crippen molar-refractivity contribution in [2.45, 2.75) is 83.0 Å². The molecule has 3 aromatic carbocycles. The maximum Gasteiger partial charge on any atom is 0.255 e. The second kappa shape index (κ2) is 17.0. The van der Waals surface area contributed by atoms with Crippen LogP contribution in [0.1, 0.15) is 93.7 Å². The van der Waals surface area contributed by atoms with E-state index in [2.05, 4.69) is 71.8 Å². The molecule has 14 heteroatoms. The number of nitriles is 1. The van der Waals surface area contributed by atoms with Crippen LogP contribution in [0.3, 0.4) is 0 Å². The molecule has 1 atom stereocenters. The molecule has 4 aliphatic heterocycles. The first-order valence-corrected chi connectivity index (χ1v) is 21.3. The minimum absolute atomic E-state index is 0.206. The third-order valence-electron chi connectivity index (χ3n) is 12.9. The summed E-state index contributed by atoms with van der Waals surface area (Å²) in [6, 6.07) is 25.3. The van der Waals surface area contributed by atoms with E-state index in [4.69, 9.17) is 4.74 Å². The molecule has 2 aromatic heterocycles. The molecule has 3 N–H and O–H groups in total. The van der Waals surface area contributed by atoms with E-state index >= 15 is 0 Å². The summed E-state index contributed by atoms with van der Waals surface area (Å²) < 4.78 is 6.09. The molecule has 62 heavy (non-hydrogen) atoms. The number of pyridine rings is 1. The van der Waals surface area contributed by atoms with Gasteiger partial charge in [-0.3, -0.25) is 24.6 Å². The van der Waals surface area contributed by atoms with E-state index in [0.29, 0.717) is 66.2 Å². The van der Waals surface area contributed by atoms with Crippen molar-refractivity contribution in [2.75, 3.05) is 36.4 Å². The molecule has 3 amide bonds. The summed E-state index contributed by atoms with van der Waals surface area (Å²) in [6.45, 7) is 8.32. The summed E-state index contributed by atoms with van der Waals surface area (Å²) >= 11 is 0. The van der Waals surface area contributed by atoms with Crippen molar-refractivity contribution in [1.82, 2.24) is 30.1 Å². The van der Waals surface area contributed by atoms with Gasteiger partial charge in [-0.15, -0.1) is 0 Å². The molecule has 0 saturated carbocycles. The Morgan fingerprint density at radius 3 is 2.37 bits per heavy atom. The summed E-state index contributed by atoms with van der Waals surface area (Å²) in [5.41, 5.74) is 7.16. The molecule has 14 nitrogen and oxygen atoms in total. The minimum atomic E-state index is -0.993. The number of anilines is 3. The number of piperidine rings is 3. The van der Waals surface area contributed by atoms with Crippen molar-refractivity contribution in [3.63, 3.8) is 0 Å². The van der Waals surface area contributed by atoms with Crippen molar-refractivity contribution in [1.29, 1.82) is 5.26 Å². The van der Waals surface area contributed by atoms with Gasteiger partial charge in [0.15, 0.2) is 0 Å². The number of hydrogen-bond acceptors (Lipinski definition) is 12. The second-order valence-electron chi connectivity index (χ2n) is 17.0. The highest BCUT2D eigenvalue weighted by Crippen LogP contribution is 2.38. The monoisotopic (exact) mass is 831 g/mol. The topological polar surface area (TPSA) is 177 Å². The summed E-state index contributed by atoms with van der Waals surface area (Å²) in [7, 11) is 0. The standard InChI is InChI=1S/C48H49N9O5/c1-30-23-33(26-49)24-31(2)44(30)62-43-13-18-50-47(54-43)52-41-11-5-35(27-51-41)34-14-19-56(20-15-34)38-7-3-32(4-8-38)28-55-21-16-48(61,17-22-55)37-6-9-39-36(25-37)29-57(46(39)60)40-10-12-42(58)53-45(40)59/h3-9,11,13,18,23-25,27,34,40,61H,10,12,14-17,19-22,28-29H2,1-2H3,(H,53,58,59)(H,50,51,52,54). The average Bonchev–Trinajstić information content (AvgIpc) is 3.61. The van der Waals surface area contributed by atoms with Crippen LogP contribution in [0.4, 0.5) is 17.5 Å². The first-order valence-electron chi connectivity index (χ1n) is 21.3. The zero-order valence-corrected chi connectivity index (χ0v) is 34.9. The zero-order chi connectivity index (χ0) is 43.0. The van der Waals surface area contributed by atoms with Crippen LogP contribution in [0.25, 0.3) is 0 Å². The van der Waals surface area contributed by atoms with Crippen LogP contribution in [-0.2, 0) is 28.3 Å². The molecule has 6 heterocycles. The van der Waals surface area contributed by atoms with E-state index in [1.54, 1.807) is 35.4 Å². The molecule has 1 unspecified atom stereocenters. The Morgan fingerprint density at radius 1 is 0.919 bits per heavy atom. The molecule has 0 aliphatic carbocycles. The van der Waals surface area contributed by atoms with Crippen molar-refractivity contribution >= 4 is 35.2 Å². The average molecular weight is 832 g/mol. The highest BCUT2D eigenvalue weighted by Gasteiger charge is 2.41. The normalized spacial score (nSPS) is 19.2. The molecule has 4 aliphatic rings. The Kier molecular flexibility index (Phi) is 11.2. The van der Waals surface area contributed by atoms with Crippen LogP contribution in [0.5, 0.6) is 11.6 Å². The highest BCUT2D eigenvalue weighted by atomic mass is 16.5. The van der Waals surface area contributed by atoms with Gasteiger partial charge in [-0.25, -0.2) is 9.97 Å². The largest absolute Gasteiger partial charge is 0.438 e. The predicted molar refractivity (Wildman–Crippen MR) is 232 cm³/mol. The number of carbonyl (C=O) groups is 3. The number of nitrogens with one attached hydrogen (secondary N) is 2. The molecular formula is C48H49N9O5. The van der Waals surface area contributed by atoms with Crippen molar-refractivity contribution in [3.05, 3.63) is 130 Å². The van der Waals surface area contributed by atoms with Gasteiger partial charge in [0.25, 0.3) is 5.91 Å². The van der Waals surface area contributed by atoms with Crippen molar-refractivity contribution < 1.29 is 24.2 Å². The number of imide groups is 1. The van der Waals surface area contributed by atoms with Gasteiger partial charge in [-0.05, 0) is 122 Å². The van der Waals surface area contributed by atoms with Gasteiger partial charge in [0.2, 0.25) is 23.6 Å². The lowest BCUT2D eigenvalue weighted by Gasteiger charge is -2.39. The molecule has 9 rings (SSSR count). The Hall–Kier alpha value is -6.69. The van der Waals surface area contributed by atoms with E-state index in [1.165, 1.54) is 16.8 Å². The van der Waals surface area contributed by atoms with Crippen LogP contribution in [0, 0.1) is 25.2 Å². The summed E-state index contributed by atoms with van der Waals surface area (Å²) in [5.74, 6) is 1.57. The maximum absolute atomic E-state index is 13.2. The van der Waals surface area contributed by atoms with E-state index in [0.717, 1.165) is 67.8 Å². The summed E-state index contributed by atoms with van der Waals surface area (Å²) in [5, 5.41) is 26.6. The van der Waals surface area contributed by atoms with E-state index in [9.17, 15) is 24.8 Å². The lowest BCUT2D eigenvalue weighted by atomic mass is 9.83. The predicted octanol–water partition coefficient (Wildman–Crippen LogP) is 6.52. The Labute approximate surface area is 360 Å². The lowest BCUT2D eigenvalue weighted by Crippen LogP contribution is -2.52. The molecular weight excluding hydrogens is 783 g/mol. The molecule has 3 saturated heterocycles. The van der Waals surface area contributed by atoms with Crippen LogP contribution in [0.2, 0.25) is 0 Å². The van der Waals surface area contributed by atoms with Crippen LogP contribution < -0.4 is 20.3 Å². The third-order valence-corrected chi connectivity index (χ3v) is 12.9. The van der Waals surface area contributed by atoms with E-state index in [-0.39, 0.29) is 18.2 Å². The first-order chi connectivity index (χ1) is 30.0. The number of rotatable bonds is 10. The van der Waals surface area contributed by atoms with Gasteiger partial charge in [0.05, 0.1) is 17.2 Å². The molecule has 5 aromatic rings. The molecule has 0 spiro atoms. The van der Waals surface area contributed by atoms with Gasteiger partial charge in [-0.2, -0.15) is 10.2 Å². The number of aliphatic hydroxyl groups is 1. The number of hydrogen-bond donors (Lipinski definition) is 3. The number of ether oxygens (including phenoxy) is 1. The maximum atomic E-state index is 13.2. The molecule has 0 radical (unpaired) electrons. The third kappa shape index (κ3) is 8.46. The van der Waals surface area contributed by atoms with E-state index < -0.39 is 17.6 Å². The minimum Gasteiger partial charge on any atom is -0.438 e. The fourth-order valence-corrected chi connectivity index (χ4v) is 9.35. The highest BCUT2D eigenvalue weighted by molar-refractivity contribution is 6.05. The number of aryl methyl sites for hydroxylation is 2. The molecule has 3 fully saturated rings. The number of nitrogens with zero attached hydrogens (tertiary/aromatic N) is 7. The quantitative estimate of drug-likeness (QED) is 0.130. The Balaban J connectivity index is 0.734. The smallest absolute Gasteiger partial charge is 0.255 e. The lowest BCUT2D eigenvalue weighted by molar-refractivity contribution is -0.136. The Morgan fingerprint density at radius 2 is 1.68 bits per heavy atom. The van der Waals surface area contributed by atoms with Gasteiger partial charge in [0.1, 0.15) is 17.6 Å². The number of aromatic nitrogens is 3. The van der Waals surface area contributed by atoms with Gasteiger partial charge in [0, 0.05) is 75.4 Å². The molecule has 0 bridgehead atoms. The number of benzene rings is 3. The zero-order valence-electron chi connectivity index (χ0n) is 34.9. The van der Waals surface area contributed by atoms with Crippen LogP contribution >= 0.6 is 0 Å². The number of fused-ring (bicyclic) bond motifs is 1. The van der Waals surface area contributed by atoms with Crippen LogP contribution in [0.15, 0.2) is 85.2 Å². The number of likely N-dealkylation sites (tertiary alicyclic amines) is 1. The Bertz CT molecular complexity index is 2530. The number of amides is 3. The molecule has 316 valence electrons. The fraction of sp³-hybridized carbons (Fsp3) is 0.354. The van der Waals surface area contributed by atoms with E-state index in [1.807, 2.05) is 38.2 Å². The fourth-order valence-electron chi connectivity index (χ4n) is 9.35. The van der Waals surface area contributed by atoms with Crippen molar-refractivity contribution in [2.24, 2.45) is 0 Å². The van der Waals surface area contributed by atoms with Gasteiger partial charge in [-0.1, -0.05) is 30.3 Å². The SMILES string of the molecule is Cc1cc(C#N)cc(C)c1Oc1ccnc(Nc2ccc(C3CCN(c4ccc(CN5CCC(O)(c6ccc7c(c6)CN(C6CCC(=O)NC6=O)C7=O)CC5)cc4)CC3)cn2)n1.